The van der Waals surface area contributed by atoms with Crippen molar-refractivity contribution in [3.8, 4) is 10.6 Å². The summed E-state index contributed by atoms with van der Waals surface area (Å²) in [6.07, 6.45) is 2.02. The molecule has 92 valence electrons. The van der Waals surface area contributed by atoms with E-state index in [0.29, 0.717) is 11.5 Å². The Hall–Kier alpha value is -2.40. The standard InChI is InChI=1S/C14H10N4S/c15-13-14-17-10(12-6-3-7-19-12)8-18(14)11-5-2-1-4-9(11)16-13/h1-8H,(H2,15,16). The Morgan fingerprint density at radius 3 is 2.79 bits per heavy atom. The Bertz CT molecular complexity index is 877. The number of nitrogens with two attached hydrogens (primary N) is 1. The van der Waals surface area contributed by atoms with Crippen LogP contribution >= 0.6 is 11.3 Å². The van der Waals surface area contributed by atoms with Gasteiger partial charge >= 0.3 is 0 Å². The van der Waals surface area contributed by atoms with Gasteiger partial charge in [-0.3, -0.25) is 4.40 Å². The highest BCUT2D eigenvalue weighted by atomic mass is 32.1. The molecule has 0 radical (unpaired) electrons. The van der Waals surface area contributed by atoms with Gasteiger partial charge in [0, 0.05) is 6.20 Å². The van der Waals surface area contributed by atoms with Crippen molar-refractivity contribution in [2.45, 2.75) is 0 Å². The van der Waals surface area contributed by atoms with Gasteiger partial charge in [0.1, 0.15) is 0 Å². The van der Waals surface area contributed by atoms with Gasteiger partial charge < -0.3 is 5.73 Å². The lowest BCUT2D eigenvalue weighted by Gasteiger charge is -2.02. The molecule has 0 unspecified atom stereocenters. The van der Waals surface area contributed by atoms with E-state index in [1.165, 1.54) is 0 Å². The van der Waals surface area contributed by atoms with Crippen LogP contribution in [0.1, 0.15) is 0 Å². The van der Waals surface area contributed by atoms with Crippen molar-refractivity contribution < 1.29 is 0 Å². The van der Waals surface area contributed by atoms with Gasteiger partial charge in [0.2, 0.25) is 0 Å². The van der Waals surface area contributed by atoms with Gasteiger partial charge in [-0.2, -0.15) is 0 Å². The second-order valence-electron chi connectivity index (χ2n) is 4.28. The molecule has 3 aromatic heterocycles. The second-order valence-corrected chi connectivity index (χ2v) is 5.23. The van der Waals surface area contributed by atoms with Gasteiger partial charge in [-0.05, 0) is 23.6 Å². The molecule has 5 heteroatoms. The molecule has 0 spiro atoms. The van der Waals surface area contributed by atoms with E-state index in [9.17, 15) is 0 Å². The fraction of sp³-hybridized carbons (Fsp3) is 0. The highest BCUT2D eigenvalue weighted by Crippen LogP contribution is 2.27. The Labute approximate surface area is 113 Å². The van der Waals surface area contributed by atoms with Crippen LogP contribution in [0.4, 0.5) is 5.82 Å². The lowest BCUT2D eigenvalue weighted by Crippen LogP contribution is -1.97. The number of thiophene rings is 1. The minimum absolute atomic E-state index is 0.460. The van der Waals surface area contributed by atoms with Gasteiger partial charge in [-0.15, -0.1) is 11.3 Å². The van der Waals surface area contributed by atoms with Gasteiger partial charge in [0.25, 0.3) is 0 Å². The predicted octanol–water partition coefficient (Wildman–Crippen LogP) is 3.19. The molecule has 0 fully saturated rings. The predicted molar refractivity (Wildman–Crippen MR) is 78.2 cm³/mol. The summed E-state index contributed by atoms with van der Waals surface area (Å²) < 4.78 is 2.01. The lowest BCUT2D eigenvalue weighted by molar-refractivity contribution is 1.21. The van der Waals surface area contributed by atoms with Crippen molar-refractivity contribution in [2.75, 3.05) is 5.73 Å². The molecule has 0 saturated carbocycles. The molecule has 0 atom stereocenters. The number of para-hydroxylation sites is 2. The van der Waals surface area contributed by atoms with Crippen molar-refractivity contribution in [3.05, 3.63) is 48.0 Å². The molecule has 3 heterocycles. The van der Waals surface area contributed by atoms with Crippen LogP contribution in [0.5, 0.6) is 0 Å². The van der Waals surface area contributed by atoms with E-state index < -0.39 is 0 Å². The monoisotopic (exact) mass is 266 g/mol. The Kier molecular flexibility index (Phi) is 2.10. The third kappa shape index (κ3) is 1.52. The summed E-state index contributed by atoms with van der Waals surface area (Å²) in [5.74, 6) is 0.460. The molecule has 1 aromatic carbocycles. The maximum absolute atomic E-state index is 6.00. The average molecular weight is 266 g/mol. The first-order valence-corrected chi connectivity index (χ1v) is 6.78. The minimum atomic E-state index is 0.460. The average Bonchev–Trinajstić information content (AvgIpc) is 3.08. The van der Waals surface area contributed by atoms with E-state index in [4.69, 9.17) is 5.73 Å². The van der Waals surface area contributed by atoms with Gasteiger partial charge in [-0.25, -0.2) is 9.97 Å². The van der Waals surface area contributed by atoms with E-state index >= 15 is 0 Å². The summed E-state index contributed by atoms with van der Waals surface area (Å²) in [5.41, 5.74) is 9.53. The quantitative estimate of drug-likeness (QED) is 0.575. The van der Waals surface area contributed by atoms with Gasteiger partial charge in [0.15, 0.2) is 11.5 Å². The zero-order valence-corrected chi connectivity index (χ0v) is 10.8. The van der Waals surface area contributed by atoms with E-state index in [0.717, 1.165) is 21.6 Å². The number of benzene rings is 1. The first-order valence-electron chi connectivity index (χ1n) is 5.90. The van der Waals surface area contributed by atoms with Crippen LogP contribution in [0.25, 0.3) is 27.3 Å². The molecule has 0 aliphatic rings. The molecule has 0 aliphatic carbocycles. The molecule has 0 aliphatic heterocycles. The summed E-state index contributed by atoms with van der Waals surface area (Å²) >= 11 is 1.67. The molecular weight excluding hydrogens is 256 g/mol. The zero-order valence-electron chi connectivity index (χ0n) is 9.95. The van der Waals surface area contributed by atoms with Crippen LogP contribution in [0.3, 0.4) is 0 Å². The number of nitrogens with zero attached hydrogens (tertiary/aromatic N) is 3. The normalized spacial score (nSPS) is 11.4. The molecule has 2 N–H and O–H groups in total. The smallest absolute Gasteiger partial charge is 0.181 e. The van der Waals surface area contributed by atoms with Gasteiger partial charge in [-0.1, -0.05) is 18.2 Å². The Balaban J connectivity index is 2.12. The van der Waals surface area contributed by atoms with E-state index in [2.05, 4.69) is 16.0 Å². The fourth-order valence-electron chi connectivity index (χ4n) is 2.23. The lowest BCUT2D eigenvalue weighted by atomic mass is 10.3. The van der Waals surface area contributed by atoms with Crippen molar-refractivity contribution in [1.29, 1.82) is 0 Å². The van der Waals surface area contributed by atoms with Crippen LogP contribution in [-0.4, -0.2) is 14.4 Å². The second kappa shape index (κ2) is 3.80. The van der Waals surface area contributed by atoms with Crippen molar-refractivity contribution in [1.82, 2.24) is 14.4 Å². The number of aromatic nitrogens is 3. The summed E-state index contributed by atoms with van der Waals surface area (Å²) in [6.45, 7) is 0. The number of rotatable bonds is 1. The minimum Gasteiger partial charge on any atom is -0.381 e. The van der Waals surface area contributed by atoms with E-state index in [1.54, 1.807) is 11.3 Å². The van der Waals surface area contributed by atoms with Crippen LogP contribution in [0, 0.1) is 0 Å². The number of fused-ring (bicyclic) bond motifs is 3. The molecule has 0 saturated heterocycles. The fourth-order valence-corrected chi connectivity index (χ4v) is 2.91. The zero-order chi connectivity index (χ0) is 12.8. The number of anilines is 1. The SMILES string of the molecule is Nc1nc2ccccc2n2cc(-c3cccs3)nc12. The maximum Gasteiger partial charge on any atom is 0.181 e. The van der Waals surface area contributed by atoms with Crippen LogP contribution < -0.4 is 5.73 Å². The number of imidazole rings is 1. The molecule has 4 nitrogen and oxygen atoms in total. The molecule has 4 aromatic rings. The Morgan fingerprint density at radius 1 is 1.05 bits per heavy atom. The molecule has 19 heavy (non-hydrogen) atoms. The number of hydrogen-bond acceptors (Lipinski definition) is 4. The molecule has 0 bridgehead atoms. The third-order valence-corrected chi connectivity index (χ3v) is 3.98. The largest absolute Gasteiger partial charge is 0.381 e. The van der Waals surface area contributed by atoms with Crippen molar-refractivity contribution >= 4 is 33.8 Å². The summed E-state index contributed by atoms with van der Waals surface area (Å²) in [7, 11) is 0. The molecule has 0 amide bonds. The number of hydrogen-bond donors (Lipinski definition) is 1. The third-order valence-electron chi connectivity index (χ3n) is 3.09. The summed E-state index contributed by atoms with van der Waals surface area (Å²) in [5, 5.41) is 2.04. The summed E-state index contributed by atoms with van der Waals surface area (Å²) in [4.78, 5) is 10.1. The highest BCUT2D eigenvalue weighted by Gasteiger charge is 2.11. The maximum atomic E-state index is 6.00. The van der Waals surface area contributed by atoms with Crippen LogP contribution in [-0.2, 0) is 0 Å². The highest BCUT2D eigenvalue weighted by molar-refractivity contribution is 7.13. The Morgan fingerprint density at radius 2 is 1.95 bits per heavy atom. The van der Waals surface area contributed by atoms with Crippen LogP contribution in [0.15, 0.2) is 48.0 Å². The van der Waals surface area contributed by atoms with Crippen LogP contribution in [0.2, 0.25) is 0 Å². The van der Waals surface area contributed by atoms with Gasteiger partial charge in [0.05, 0.1) is 21.6 Å². The summed E-state index contributed by atoms with van der Waals surface area (Å²) in [6, 6.07) is 12.0. The first-order chi connectivity index (χ1) is 9.33. The first kappa shape index (κ1) is 10.5. The van der Waals surface area contributed by atoms with E-state index in [1.807, 2.05) is 46.3 Å². The molecule has 4 rings (SSSR count). The van der Waals surface area contributed by atoms with E-state index in [-0.39, 0.29) is 0 Å². The number of nitrogen functional groups attached to an aromatic ring is 1. The molecular formula is C14H10N4S. The van der Waals surface area contributed by atoms with Crippen molar-refractivity contribution in [2.24, 2.45) is 0 Å². The topological polar surface area (TPSA) is 56.2 Å². The van der Waals surface area contributed by atoms with Crippen molar-refractivity contribution in [3.63, 3.8) is 0 Å².